The summed E-state index contributed by atoms with van der Waals surface area (Å²) in [5.74, 6) is 2.23. The van der Waals surface area contributed by atoms with Crippen LogP contribution >= 0.6 is 0 Å². The zero-order valence-corrected chi connectivity index (χ0v) is 14.8. The standard InChI is InChI=1S/C21H23NO4/c1-25-18-8-10-20(11-9-18)26-19-6-2-14(3-7-19)21(24)22-15-4-5-16(22)13-17(23)12-15/h2-3,6-11,15-17,23H,4-5,12-13H2,1H3/t15-,16+,17?. The predicted molar refractivity (Wildman–Crippen MR) is 97.7 cm³/mol. The molecule has 0 spiro atoms. The molecule has 2 bridgehead atoms. The Balaban J connectivity index is 1.45. The summed E-state index contributed by atoms with van der Waals surface area (Å²) < 4.78 is 10.9. The van der Waals surface area contributed by atoms with Crippen LogP contribution in [0.5, 0.6) is 17.2 Å². The lowest BCUT2D eigenvalue weighted by Crippen LogP contribution is -2.47. The van der Waals surface area contributed by atoms with Gasteiger partial charge in [0.25, 0.3) is 5.91 Å². The quantitative estimate of drug-likeness (QED) is 0.912. The average Bonchev–Trinajstić information content (AvgIpc) is 2.93. The van der Waals surface area contributed by atoms with Gasteiger partial charge in [0.1, 0.15) is 17.2 Å². The van der Waals surface area contributed by atoms with E-state index in [-0.39, 0.29) is 24.1 Å². The number of ether oxygens (including phenoxy) is 2. The van der Waals surface area contributed by atoms with Crippen molar-refractivity contribution >= 4 is 5.91 Å². The molecule has 0 aliphatic carbocycles. The second-order valence-corrected chi connectivity index (χ2v) is 7.02. The first kappa shape index (κ1) is 16.9. The highest BCUT2D eigenvalue weighted by Gasteiger charge is 2.42. The third kappa shape index (κ3) is 3.27. The minimum Gasteiger partial charge on any atom is -0.497 e. The van der Waals surface area contributed by atoms with Gasteiger partial charge in [-0.05, 0) is 74.2 Å². The highest BCUT2D eigenvalue weighted by Crippen LogP contribution is 2.37. The molecular formula is C21H23NO4. The van der Waals surface area contributed by atoms with Crippen LogP contribution in [0.1, 0.15) is 36.0 Å². The van der Waals surface area contributed by atoms with Gasteiger partial charge in [0, 0.05) is 17.6 Å². The van der Waals surface area contributed by atoms with E-state index in [0.717, 1.165) is 18.6 Å². The summed E-state index contributed by atoms with van der Waals surface area (Å²) in [5.41, 5.74) is 0.667. The first-order chi connectivity index (χ1) is 12.6. The van der Waals surface area contributed by atoms with Crippen LogP contribution in [0.3, 0.4) is 0 Å². The predicted octanol–water partition coefficient (Wildman–Crippen LogP) is 3.62. The van der Waals surface area contributed by atoms with E-state index in [0.29, 0.717) is 29.9 Å². The maximum Gasteiger partial charge on any atom is 0.254 e. The largest absolute Gasteiger partial charge is 0.497 e. The smallest absolute Gasteiger partial charge is 0.254 e. The lowest BCUT2D eigenvalue weighted by atomic mass is 9.98. The SMILES string of the molecule is COc1ccc(Oc2ccc(C(=O)N3[C@@H]4CC[C@H]3CC(O)C4)cc2)cc1. The maximum atomic E-state index is 12.9. The highest BCUT2D eigenvalue weighted by molar-refractivity contribution is 5.95. The van der Waals surface area contributed by atoms with E-state index in [1.165, 1.54) is 0 Å². The van der Waals surface area contributed by atoms with Crippen molar-refractivity contribution in [2.75, 3.05) is 7.11 Å². The molecule has 136 valence electrons. The van der Waals surface area contributed by atoms with Crippen LogP contribution in [0.4, 0.5) is 0 Å². The monoisotopic (exact) mass is 353 g/mol. The Morgan fingerprint density at radius 1 is 0.923 bits per heavy atom. The van der Waals surface area contributed by atoms with Crippen molar-refractivity contribution in [1.29, 1.82) is 0 Å². The van der Waals surface area contributed by atoms with E-state index in [9.17, 15) is 9.90 Å². The summed E-state index contributed by atoms with van der Waals surface area (Å²) in [4.78, 5) is 14.9. The number of hydrogen-bond acceptors (Lipinski definition) is 4. The maximum absolute atomic E-state index is 12.9. The molecule has 26 heavy (non-hydrogen) atoms. The minimum atomic E-state index is -0.267. The fourth-order valence-electron chi connectivity index (χ4n) is 4.07. The summed E-state index contributed by atoms with van der Waals surface area (Å²) >= 11 is 0. The molecule has 2 aromatic rings. The Labute approximate surface area is 153 Å². The minimum absolute atomic E-state index is 0.0559. The van der Waals surface area contributed by atoms with Crippen molar-refractivity contribution in [1.82, 2.24) is 4.90 Å². The molecule has 3 atom stereocenters. The molecule has 2 aliphatic rings. The van der Waals surface area contributed by atoms with E-state index in [4.69, 9.17) is 9.47 Å². The van der Waals surface area contributed by atoms with Crippen molar-refractivity contribution in [3.05, 3.63) is 54.1 Å². The number of piperidine rings is 1. The van der Waals surface area contributed by atoms with Gasteiger partial charge in [-0.1, -0.05) is 0 Å². The lowest BCUT2D eigenvalue weighted by molar-refractivity contribution is 0.0287. The topological polar surface area (TPSA) is 59.0 Å². The van der Waals surface area contributed by atoms with Crippen LogP contribution < -0.4 is 9.47 Å². The molecule has 2 aromatic carbocycles. The molecule has 2 heterocycles. The number of benzene rings is 2. The van der Waals surface area contributed by atoms with Crippen LogP contribution in [-0.4, -0.2) is 41.2 Å². The van der Waals surface area contributed by atoms with Crippen LogP contribution in [0, 0.1) is 0 Å². The number of carbonyl (C=O) groups is 1. The number of carbonyl (C=O) groups excluding carboxylic acids is 1. The van der Waals surface area contributed by atoms with Gasteiger partial charge in [-0.25, -0.2) is 0 Å². The molecule has 5 heteroatoms. The Morgan fingerprint density at radius 2 is 1.42 bits per heavy atom. The van der Waals surface area contributed by atoms with Crippen LogP contribution in [0.25, 0.3) is 0 Å². The second-order valence-electron chi connectivity index (χ2n) is 7.02. The first-order valence-corrected chi connectivity index (χ1v) is 9.07. The van der Waals surface area contributed by atoms with E-state index in [1.807, 2.05) is 53.4 Å². The normalized spacial score (nSPS) is 24.4. The fraction of sp³-hybridized carbons (Fsp3) is 0.381. The van der Waals surface area contributed by atoms with Gasteiger partial charge < -0.3 is 19.5 Å². The van der Waals surface area contributed by atoms with Gasteiger partial charge in [-0.2, -0.15) is 0 Å². The molecule has 2 fully saturated rings. The molecule has 2 aliphatic heterocycles. The Morgan fingerprint density at radius 3 is 1.96 bits per heavy atom. The molecule has 2 saturated heterocycles. The summed E-state index contributed by atoms with van der Waals surface area (Å²) in [6.45, 7) is 0. The molecule has 0 saturated carbocycles. The molecule has 1 N–H and O–H groups in total. The first-order valence-electron chi connectivity index (χ1n) is 9.07. The number of rotatable bonds is 4. The summed E-state index contributed by atoms with van der Waals surface area (Å²) in [6, 6.07) is 15.0. The molecule has 0 radical (unpaired) electrons. The number of aliphatic hydroxyl groups excluding tert-OH is 1. The van der Waals surface area contributed by atoms with Gasteiger partial charge in [-0.3, -0.25) is 4.79 Å². The van der Waals surface area contributed by atoms with Gasteiger partial charge in [-0.15, -0.1) is 0 Å². The number of methoxy groups -OCH3 is 1. The van der Waals surface area contributed by atoms with E-state index >= 15 is 0 Å². The van der Waals surface area contributed by atoms with Gasteiger partial charge in [0.2, 0.25) is 0 Å². The lowest BCUT2D eigenvalue weighted by Gasteiger charge is -2.37. The fourth-order valence-corrected chi connectivity index (χ4v) is 4.07. The molecule has 1 unspecified atom stereocenters. The molecule has 0 aromatic heterocycles. The zero-order chi connectivity index (χ0) is 18.1. The third-order valence-corrected chi connectivity index (χ3v) is 5.34. The van der Waals surface area contributed by atoms with Crippen molar-refractivity contribution < 1.29 is 19.4 Å². The summed E-state index contributed by atoms with van der Waals surface area (Å²) in [5, 5.41) is 9.91. The Bertz CT molecular complexity index is 758. The zero-order valence-electron chi connectivity index (χ0n) is 14.8. The van der Waals surface area contributed by atoms with Crippen molar-refractivity contribution in [2.24, 2.45) is 0 Å². The number of amides is 1. The number of fused-ring (bicyclic) bond motifs is 2. The number of hydrogen-bond donors (Lipinski definition) is 1. The Kier molecular flexibility index (Phi) is 4.55. The summed E-state index contributed by atoms with van der Waals surface area (Å²) in [7, 11) is 1.63. The van der Waals surface area contributed by atoms with Gasteiger partial charge in [0.15, 0.2) is 0 Å². The van der Waals surface area contributed by atoms with Gasteiger partial charge >= 0.3 is 0 Å². The third-order valence-electron chi connectivity index (χ3n) is 5.34. The van der Waals surface area contributed by atoms with E-state index in [2.05, 4.69) is 0 Å². The van der Waals surface area contributed by atoms with E-state index < -0.39 is 0 Å². The van der Waals surface area contributed by atoms with Crippen LogP contribution in [0.2, 0.25) is 0 Å². The molecule has 1 amide bonds. The molecule has 4 rings (SSSR count). The number of aliphatic hydroxyl groups is 1. The molecule has 5 nitrogen and oxygen atoms in total. The Hall–Kier alpha value is -2.53. The summed E-state index contributed by atoms with van der Waals surface area (Å²) in [6.07, 6.45) is 3.11. The van der Waals surface area contributed by atoms with Gasteiger partial charge in [0.05, 0.1) is 13.2 Å². The highest BCUT2D eigenvalue weighted by atomic mass is 16.5. The average molecular weight is 353 g/mol. The van der Waals surface area contributed by atoms with Crippen LogP contribution in [-0.2, 0) is 0 Å². The van der Waals surface area contributed by atoms with Crippen LogP contribution in [0.15, 0.2) is 48.5 Å². The number of nitrogens with zero attached hydrogens (tertiary/aromatic N) is 1. The van der Waals surface area contributed by atoms with Crippen molar-refractivity contribution in [2.45, 2.75) is 43.9 Å². The van der Waals surface area contributed by atoms with Crippen molar-refractivity contribution in [3.63, 3.8) is 0 Å². The second kappa shape index (κ2) is 7.00. The molecular weight excluding hydrogens is 330 g/mol. The van der Waals surface area contributed by atoms with Crippen molar-refractivity contribution in [3.8, 4) is 17.2 Å². The van der Waals surface area contributed by atoms with E-state index in [1.54, 1.807) is 7.11 Å².